The zero-order valence-electron chi connectivity index (χ0n) is 16.5. The van der Waals surface area contributed by atoms with Crippen LogP contribution in [0.25, 0.3) is 22.3 Å². The van der Waals surface area contributed by atoms with Crippen LogP contribution in [0.1, 0.15) is 19.4 Å². The van der Waals surface area contributed by atoms with Crippen molar-refractivity contribution in [1.29, 1.82) is 0 Å². The van der Waals surface area contributed by atoms with E-state index >= 15 is 4.39 Å². The van der Waals surface area contributed by atoms with E-state index in [0.717, 1.165) is 30.1 Å². The van der Waals surface area contributed by atoms with Crippen LogP contribution in [-0.2, 0) is 0 Å². The fourth-order valence-electron chi connectivity index (χ4n) is 3.78. The Balaban J connectivity index is 1.63. The van der Waals surface area contributed by atoms with Gasteiger partial charge >= 0.3 is 0 Å². The third-order valence-corrected chi connectivity index (χ3v) is 5.63. The van der Waals surface area contributed by atoms with Crippen LogP contribution in [-0.4, -0.2) is 38.1 Å². The lowest BCUT2D eigenvalue weighted by Gasteiger charge is -2.30. The van der Waals surface area contributed by atoms with E-state index < -0.39 is 5.82 Å². The lowest BCUT2D eigenvalue weighted by molar-refractivity contribution is 0.480. The third kappa shape index (κ3) is 3.13. The van der Waals surface area contributed by atoms with Crippen LogP contribution in [0.3, 0.4) is 0 Å². The SMILES string of the molecule is C[C@H]1CCN(C)c2nc3c(F)cc(-c4nc(Nc5ccncc5)ncc4Cl)cc3n21. The maximum Gasteiger partial charge on any atom is 0.227 e. The van der Waals surface area contributed by atoms with Gasteiger partial charge in [-0.2, -0.15) is 0 Å². The van der Waals surface area contributed by atoms with Gasteiger partial charge < -0.3 is 14.8 Å². The molecule has 0 saturated heterocycles. The summed E-state index contributed by atoms with van der Waals surface area (Å²) in [4.78, 5) is 19.4. The average Bonchev–Trinajstić information content (AvgIpc) is 3.14. The summed E-state index contributed by atoms with van der Waals surface area (Å²) in [5.74, 6) is 0.737. The predicted octanol–water partition coefficient (Wildman–Crippen LogP) is 4.83. The predicted molar refractivity (Wildman–Crippen MR) is 116 cm³/mol. The van der Waals surface area contributed by atoms with Crippen LogP contribution < -0.4 is 10.2 Å². The second-order valence-electron chi connectivity index (χ2n) is 7.42. The monoisotopic (exact) mass is 423 g/mol. The Morgan fingerprint density at radius 2 is 2.00 bits per heavy atom. The van der Waals surface area contributed by atoms with Gasteiger partial charge in [0.15, 0.2) is 5.82 Å². The maximum absolute atomic E-state index is 15.0. The molecule has 30 heavy (non-hydrogen) atoms. The van der Waals surface area contributed by atoms with E-state index in [1.807, 2.05) is 18.0 Å². The van der Waals surface area contributed by atoms with Gasteiger partial charge in [0.25, 0.3) is 0 Å². The van der Waals surface area contributed by atoms with Crippen molar-refractivity contribution >= 4 is 40.2 Å². The number of nitrogens with zero attached hydrogens (tertiary/aromatic N) is 6. The van der Waals surface area contributed by atoms with Crippen molar-refractivity contribution in [3.63, 3.8) is 0 Å². The molecule has 0 fully saturated rings. The highest BCUT2D eigenvalue weighted by Crippen LogP contribution is 2.36. The second kappa shape index (κ2) is 7.21. The van der Waals surface area contributed by atoms with Gasteiger partial charge in [0, 0.05) is 43.3 Å². The summed E-state index contributed by atoms with van der Waals surface area (Å²) >= 11 is 6.39. The molecule has 9 heteroatoms. The maximum atomic E-state index is 15.0. The number of anilines is 3. The van der Waals surface area contributed by atoms with E-state index in [0.29, 0.717) is 27.7 Å². The van der Waals surface area contributed by atoms with E-state index in [9.17, 15) is 0 Å². The van der Waals surface area contributed by atoms with Crippen LogP contribution in [0.2, 0.25) is 5.02 Å². The molecule has 152 valence electrons. The number of rotatable bonds is 3. The largest absolute Gasteiger partial charge is 0.345 e. The van der Waals surface area contributed by atoms with Gasteiger partial charge in [0.2, 0.25) is 11.9 Å². The molecule has 0 bridgehead atoms. The van der Waals surface area contributed by atoms with E-state index in [4.69, 9.17) is 11.6 Å². The molecule has 0 radical (unpaired) electrons. The summed E-state index contributed by atoms with van der Waals surface area (Å²) in [7, 11) is 1.97. The average molecular weight is 424 g/mol. The van der Waals surface area contributed by atoms with Crippen LogP contribution >= 0.6 is 11.6 Å². The van der Waals surface area contributed by atoms with Gasteiger partial charge in [-0.05, 0) is 37.6 Å². The van der Waals surface area contributed by atoms with E-state index in [1.165, 1.54) is 12.3 Å². The molecular formula is C21H19ClFN7. The number of aromatic nitrogens is 5. The molecule has 1 aliphatic rings. The smallest absolute Gasteiger partial charge is 0.227 e. The molecule has 1 aromatic carbocycles. The minimum absolute atomic E-state index is 0.223. The normalized spacial score (nSPS) is 16.0. The number of benzene rings is 1. The topological polar surface area (TPSA) is 71.8 Å². The molecule has 7 nitrogen and oxygen atoms in total. The van der Waals surface area contributed by atoms with Crippen LogP contribution in [0.15, 0.2) is 42.9 Å². The van der Waals surface area contributed by atoms with Crippen molar-refractivity contribution in [3.05, 3.63) is 53.7 Å². The number of nitrogens with one attached hydrogen (secondary N) is 1. The third-order valence-electron chi connectivity index (χ3n) is 5.35. The van der Waals surface area contributed by atoms with Crippen LogP contribution in [0.4, 0.5) is 22.0 Å². The molecule has 1 N–H and O–H groups in total. The van der Waals surface area contributed by atoms with Gasteiger partial charge in [0.1, 0.15) is 5.52 Å². The first kappa shape index (κ1) is 18.7. The molecule has 4 aromatic rings. The van der Waals surface area contributed by atoms with Crippen molar-refractivity contribution in [3.8, 4) is 11.3 Å². The molecule has 1 atom stereocenters. The van der Waals surface area contributed by atoms with Crippen molar-refractivity contribution in [2.24, 2.45) is 0 Å². The van der Waals surface area contributed by atoms with E-state index in [-0.39, 0.29) is 6.04 Å². The number of halogens is 2. The zero-order valence-corrected chi connectivity index (χ0v) is 17.2. The second-order valence-corrected chi connectivity index (χ2v) is 7.83. The Hall–Kier alpha value is -3.26. The standard InChI is InChI=1S/C21H19ClFN7/c1-12-5-8-29(2)21-28-19-16(23)9-13(10-17(19)30(12)21)18-15(22)11-25-20(27-18)26-14-3-6-24-7-4-14/h3-4,6-7,9-12H,5,8H2,1-2H3,(H,24,25,26,27)/t12-/m0/s1. The number of fused-ring (bicyclic) bond motifs is 3. The molecule has 0 aliphatic carbocycles. The number of pyridine rings is 1. The van der Waals surface area contributed by atoms with Gasteiger partial charge in [-0.1, -0.05) is 11.6 Å². The van der Waals surface area contributed by atoms with E-state index in [1.54, 1.807) is 24.5 Å². The minimum atomic E-state index is -0.400. The highest BCUT2D eigenvalue weighted by atomic mass is 35.5. The molecule has 0 amide bonds. The van der Waals surface area contributed by atoms with Crippen molar-refractivity contribution in [2.45, 2.75) is 19.4 Å². The molecule has 5 rings (SSSR count). The molecule has 3 aromatic heterocycles. The Bertz CT molecular complexity index is 1240. The summed E-state index contributed by atoms with van der Waals surface area (Å²) in [6.07, 6.45) is 5.82. The molecule has 0 spiro atoms. The number of imidazole rings is 1. The quantitative estimate of drug-likeness (QED) is 0.509. The van der Waals surface area contributed by atoms with Gasteiger partial charge in [-0.15, -0.1) is 0 Å². The molecule has 0 saturated carbocycles. The first-order valence-corrected chi connectivity index (χ1v) is 10.0. The Morgan fingerprint density at radius 1 is 1.20 bits per heavy atom. The van der Waals surface area contributed by atoms with Crippen molar-refractivity contribution in [2.75, 3.05) is 23.8 Å². The lowest BCUT2D eigenvalue weighted by Crippen LogP contribution is -2.30. The van der Waals surface area contributed by atoms with Crippen LogP contribution in [0.5, 0.6) is 0 Å². The molecule has 0 unspecified atom stereocenters. The lowest BCUT2D eigenvalue weighted by atomic mass is 10.1. The summed E-state index contributed by atoms with van der Waals surface area (Å²) in [6, 6.07) is 7.16. The fraction of sp³-hybridized carbons (Fsp3) is 0.238. The Kier molecular flexibility index (Phi) is 4.51. The van der Waals surface area contributed by atoms with Crippen molar-refractivity contribution in [1.82, 2.24) is 24.5 Å². The first-order chi connectivity index (χ1) is 14.5. The number of hydrogen-bond acceptors (Lipinski definition) is 6. The zero-order chi connectivity index (χ0) is 20.8. The fourth-order valence-corrected chi connectivity index (χ4v) is 3.98. The van der Waals surface area contributed by atoms with Gasteiger partial charge in [-0.3, -0.25) is 4.98 Å². The first-order valence-electron chi connectivity index (χ1n) is 9.64. The van der Waals surface area contributed by atoms with Crippen molar-refractivity contribution < 1.29 is 4.39 Å². The van der Waals surface area contributed by atoms with Crippen LogP contribution in [0, 0.1) is 5.82 Å². The summed E-state index contributed by atoms with van der Waals surface area (Å²) < 4.78 is 17.1. The summed E-state index contributed by atoms with van der Waals surface area (Å²) in [5, 5.41) is 3.46. The molecule has 4 heterocycles. The highest BCUT2D eigenvalue weighted by molar-refractivity contribution is 6.33. The highest BCUT2D eigenvalue weighted by Gasteiger charge is 2.26. The number of hydrogen-bond donors (Lipinski definition) is 1. The van der Waals surface area contributed by atoms with Gasteiger partial charge in [0.05, 0.1) is 22.4 Å². The van der Waals surface area contributed by atoms with E-state index in [2.05, 4.69) is 36.7 Å². The molecular weight excluding hydrogens is 405 g/mol. The van der Waals surface area contributed by atoms with Gasteiger partial charge in [-0.25, -0.2) is 19.3 Å². The Labute approximate surface area is 177 Å². The summed E-state index contributed by atoms with van der Waals surface area (Å²) in [6.45, 7) is 3.01. The Morgan fingerprint density at radius 3 is 2.80 bits per heavy atom. The molecule has 1 aliphatic heterocycles. The summed E-state index contributed by atoms with van der Waals surface area (Å²) in [5.41, 5.74) is 2.92. The minimum Gasteiger partial charge on any atom is -0.345 e.